The van der Waals surface area contributed by atoms with E-state index in [-0.39, 0.29) is 18.1 Å². The SMILES string of the molecule is CCOc1cccn2c(C(=O)C[C@@H]3c4sccc4C[C@H]3C(=O)O)c(C)nc12. The second-order valence-corrected chi connectivity index (χ2v) is 7.69. The predicted octanol–water partition coefficient (Wildman–Crippen LogP) is 3.72. The van der Waals surface area contributed by atoms with Gasteiger partial charge in [-0.15, -0.1) is 11.3 Å². The van der Waals surface area contributed by atoms with Gasteiger partial charge in [0, 0.05) is 23.4 Å². The molecule has 0 saturated carbocycles. The van der Waals surface area contributed by atoms with Crippen LogP contribution in [-0.4, -0.2) is 32.9 Å². The molecule has 27 heavy (non-hydrogen) atoms. The van der Waals surface area contributed by atoms with Crippen LogP contribution >= 0.6 is 11.3 Å². The van der Waals surface area contributed by atoms with E-state index in [1.807, 2.05) is 30.5 Å². The van der Waals surface area contributed by atoms with Crippen LogP contribution in [-0.2, 0) is 11.2 Å². The molecule has 0 spiro atoms. The molecule has 3 aromatic rings. The Hall–Kier alpha value is -2.67. The van der Waals surface area contributed by atoms with E-state index in [0.717, 1.165) is 10.4 Å². The summed E-state index contributed by atoms with van der Waals surface area (Å²) in [4.78, 5) is 30.4. The molecule has 6 nitrogen and oxygen atoms in total. The number of fused-ring (bicyclic) bond motifs is 2. The number of rotatable bonds is 6. The molecule has 2 atom stereocenters. The van der Waals surface area contributed by atoms with Gasteiger partial charge in [-0.1, -0.05) is 0 Å². The first kappa shape index (κ1) is 17.7. The standard InChI is InChI=1S/C20H20N2O4S/c1-3-26-16-5-4-7-22-17(11(2)21-19(16)22)15(23)10-13-14(20(24)25)9-12-6-8-27-18(12)13/h4-8,13-14H,3,9-10H2,1-2H3,(H,24,25)/t13-,14+/m0/s1. The van der Waals surface area contributed by atoms with E-state index < -0.39 is 11.9 Å². The van der Waals surface area contributed by atoms with Crippen LogP contribution in [0.2, 0.25) is 0 Å². The number of imidazole rings is 1. The number of hydrogen-bond acceptors (Lipinski definition) is 5. The highest BCUT2D eigenvalue weighted by Crippen LogP contribution is 2.44. The Morgan fingerprint density at radius 3 is 2.96 bits per heavy atom. The van der Waals surface area contributed by atoms with Crippen molar-refractivity contribution in [2.75, 3.05) is 6.61 Å². The Morgan fingerprint density at radius 1 is 1.41 bits per heavy atom. The van der Waals surface area contributed by atoms with Gasteiger partial charge in [0.1, 0.15) is 5.69 Å². The molecular weight excluding hydrogens is 364 g/mol. The highest BCUT2D eigenvalue weighted by molar-refractivity contribution is 7.10. The number of hydrogen-bond donors (Lipinski definition) is 1. The van der Waals surface area contributed by atoms with Gasteiger partial charge in [0.2, 0.25) is 0 Å². The van der Waals surface area contributed by atoms with Crippen LogP contribution < -0.4 is 4.74 Å². The van der Waals surface area contributed by atoms with Crippen molar-refractivity contribution in [2.24, 2.45) is 5.92 Å². The maximum atomic E-state index is 13.2. The minimum atomic E-state index is -0.843. The third-order valence-electron chi connectivity index (χ3n) is 5.12. The summed E-state index contributed by atoms with van der Waals surface area (Å²) in [5, 5.41) is 11.6. The molecule has 140 valence electrons. The van der Waals surface area contributed by atoms with E-state index >= 15 is 0 Å². The molecular formula is C20H20N2O4S. The average molecular weight is 384 g/mol. The molecule has 3 aromatic heterocycles. The van der Waals surface area contributed by atoms with Gasteiger partial charge in [0.15, 0.2) is 17.2 Å². The molecule has 4 rings (SSSR count). The normalized spacial score (nSPS) is 18.6. The van der Waals surface area contributed by atoms with E-state index in [4.69, 9.17) is 4.74 Å². The van der Waals surface area contributed by atoms with Crippen molar-refractivity contribution in [1.82, 2.24) is 9.38 Å². The second-order valence-electron chi connectivity index (χ2n) is 6.74. The number of aryl methyl sites for hydroxylation is 1. The monoisotopic (exact) mass is 384 g/mol. The van der Waals surface area contributed by atoms with Gasteiger partial charge in [-0.2, -0.15) is 0 Å². The lowest BCUT2D eigenvalue weighted by molar-refractivity contribution is -0.142. The zero-order valence-corrected chi connectivity index (χ0v) is 16.0. The van der Waals surface area contributed by atoms with E-state index in [1.54, 1.807) is 17.5 Å². The van der Waals surface area contributed by atoms with Crippen LogP contribution in [0, 0.1) is 12.8 Å². The lowest BCUT2D eigenvalue weighted by Gasteiger charge is -2.15. The van der Waals surface area contributed by atoms with Crippen molar-refractivity contribution in [1.29, 1.82) is 0 Å². The van der Waals surface area contributed by atoms with Crippen LogP contribution in [0.5, 0.6) is 5.75 Å². The van der Waals surface area contributed by atoms with Gasteiger partial charge in [-0.25, -0.2) is 4.98 Å². The van der Waals surface area contributed by atoms with Crippen LogP contribution in [0.25, 0.3) is 5.65 Å². The molecule has 0 amide bonds. The lowest BCUT2D eigenvalue weighted by atomic mass is 9.90. The summed E-state index contributed by atoms with van der Waals surface area (Å²) in [6.07, 6.45) is 2.45. The van der Waals surface area contributed by atoms with E-state index in [0.29, 0.717) is 35.8 Å². The molecule has 0 fully saturated rings. The van der Waals surface area contributed by atoms with Gasteiger partial charge in [0.25, 0.3) is 0 Å². The topological polar surface area (TPSA) is 80.9 Å². The summed E-state index contributed by atoms with van der Waals surface area (Å²) in [6, 6.07) is 5.62. The molecule has 0 bridgehead atoms. The quantitative estimate of drug-likeness (QED) is 0.655. The number of pyridine rings is 1. The fraction of sp³-hybridized carbons (Fsp3) is 0.350. The van der Waals surface area contributed by atoms with Crippen LogP contribution in [0.1, 0.15) is 45.9 Å². The largest absolute Gasteiger partial charge is 0.490 e. The minimum absolute atomic E-state index is 0.0915. The van der Waals surface area contributed by atoms with Gasteiger partial charge < -0.3 is 9.84 Å². The number of aliphatic carboxylic acids is 1. The number of nitrogens with zero attached hydrogens (tertiary/aromatic N) is 2. The average Bonchev–Trinajstić information content (AvgIpc) is 3.29. The number of carboxylic acids is 1. The van der Waals surface area contributed by atoms with Crippen molar-refractivity contribution in [3.8, 4) is 5.75 Å². The Kier molecular flexibility index (Phi) is 4.47. The number of carboxylic acid groups (broad SMARTS) is 1. The number of thiophene rings is 1. The smallest absolute Gasteiger partial charge is 0.307 e. The maximum Gasteiger partial charge on any atom is 0.307 e. The second kappa shape index (κ2) is 6.81. The first-order valence-electron chi connectivity index (χ1n) is 8.94. The van der Waals surface area contributed by atoms with Crippen LogP contribution in [0.4, 0.5) is 0 Å². The number of aromatic nitrogens is 2. The van der Waals surface area contributed by atoms with Crippen LogP contribution in [0.3, 0.4) is 0 Å². The minimum Gasteiger partial charge on any atom is -0.490 e. The molecule has 1 aliphatic rings. The van der Waals surface area contributed by atoms with Crippen LogP contribution in [0.15, 0.2) is 29.8 Å². The molecule has 0 aromatic carbocycles. The fourth-order valence-electron chi connectivity index (χ4n) is 3.95. The summed E-state index contributed by atoms with van der Waals surface area (Å²) in [5.74, 6) is -1.14. The first-order chi connectivity index (χ1) is 13.0. The van der Waals surface area contributed by atoms with Gasteiger partial charge in [0.05, 0.1) is 18.2 Å². The third kappa shape index (κ3) is 2.92. The summed E-state index contributed by atoms with van der Waals surface area (Å²) in [5.41, 5.74) is 2.79. The summed E-state index contributed by atoms with van der Waals surface area (Å²) in [7, 11) is 0. The number of ether oxygens (including phenoxy) is 1. The highest BCUT2D eigenvalue weighted by Gasteiger charge is 2.40. The Morgan fingerprint density at radius 2 is 2.22 bits per heavy atom. The van der Waals surface area contributed by atoms with Crippen molar-refractivity contribution < 1.29 is 19.4 Å². The number of ketones is 1. The third-order valence-corrected chi connectivity index (χ3v) is 6.21. The Balaban J connectivity index is 1.70. The van der Waals surface area contributed by atoms with Gasteiger partial charge in [-0.05, 0) is 49.4 Å². The molecule has 3 heterocycles. The van der Waals surface area contributed by atoms with Gasteiger partial charge in [-0.3, -0.25) is 14.0 Å². The highest BCUT2D eigenvalue weighted by atomic mass is 32.1. The fourth-order valence-corrected chi connectivity index (χ4v) is 5.06. The lowest BCUT2D eigenvalue weighted by Crippen LogP contribution is -2.21. The Labute approximate surface area is 160 Å². The number of carbonyl (C=O) groups excluding carboxylic acids is 1. The predicted molar refractivity (Wildman–Crippen MR) is 102 cm³/mol. The number of Topliss-reactive ketones (excluding diaryl/α,β-unsaturated/α-hetero) is 1. The molecule has 0 unspecified atom stereocenters. The summed E-state index contributed by atoms with van der Waals surface area (Å²) in [6.45, 7) is 4.21. The zero-order chi connectivity index (χ0) is 19.1. The summed E-state index contributed by atoms with van der Waals surface area (Å²) < 4.78 is 7.37. The molecule has 7 heteroatoms. The summed E-state index contributed by atoms with van der Waals surface area (Å²) >= 11 is 1.54. The van der Waals surface area contributed by atoms with Crippen molar-refractivity contribution >= 4 is 28.7 Å². The van der Waals surface area contributed by atoms with E-state index in [9.17, 15) is 14.7 Å². The van der Waals surface area contributed by atoms with Crippen molar-refractivity contribution in [3.63, 3.8) is 0 Å². The number of carbonyl (C=O) groups is 2. The van der Waals surface area contributed by atoms with Gasteiger partial charge >= 0.3 is 5.97 Å². The van der Waals surface area contributed by atoms with E-state index in [1.165, 1.54) is 11.3 Å². The molecule has 0 saturated heterocycles. The molecule has 0 aliphatic heterocycles. The maximum absolute atomic E-state index is 13.2. The van der Waals surface area contributed by atoms with Crippen molar-refractivity contribution in [2.45, 2.75) is 32.6 Å². The van der Waals surface area contributed by atoms with E-state index in [2.05, 4.69) is 4.98 Å². The molecule has 1 N–H and O–H groups in total. The van der Waals surface area contributed by atoms with Crippen molar-refractivity contribution in [3.05, 3.63) is 51.6 Å². The Bertz CT molecular complexity index is 1040. The zero-order valence-electron chi connectivity index (χ0n) is 15.1. The molecule has 1 aliphatic carbocycles. The molecule has 0 radical (unpaired) electrons. The first-order valence-corrected chi connectivity index (χ1v) is 9.82.